The van der Waals surface area contributed by atoms with Crippen molar-refractivity contribution < 1.29 is 13.9 Å². The zero-order chi connectivity index (χ0) is 16.9. The smallest absolute Gasteiger partial charge is 0.251 e. The van der Waals surface area contributed by atoms with Gasteiger partial charge in [-0.15, -0.1) is 10.2 Å². The first-order valence-electron chi connectivity index (χ1n) is 7.47. The van der Waals surface area contributed by atoms with Crippen LogP contribution >= 0.6 is 0 Å². The summed E-state index contributed by atoms with van der Waals surface area (Å²) in [5, 5.41) is 10.7. The number of benzene rings is 2. The molecule has 0 atom stereocenters. The highest BCUT2D eigenvalue weighted by atomic mass is 16.5. The minimum atomic E-state index is -0.178. The third kappa shape index (κ3) is 3.60. The van der Waals surface area contributed by atoms with Crippen molar-refractivity contribution in [3.8, 4) is 17.2 Å². The highest BCUT2D eigenvalue weighted by Gasteiger charge is 2.11. The largest absolute Gasteiger partial charge is 0.497 e. The predicted octanol–water partition coefficient (Wildman–Crippen LogP) is 2.98. The number of hydrogen-bond donors (Lipinski definition) is 1. The molecule has 0 aliphatic heterocycles. The number of carbonyl (C=O) groups is 1. The summed E-state index contributed by atoms with van der Waals surface area (Å²) < 4.78 is 10.7. The fourth-order valence-corrected chi connectivity index (χ4v) is 2.22. The highest BCUT2D eigenvalue weighted by molar-refractivity contribution is 5.94. The lowest BCUT2D eigenvalue weighted by Crippen LogP contribution is -2.22. The van der Waals surface area contributed by atoms with Gasteiger partial charge in [-0.3, -0.25) is 4.79 Å². The molecule has 3 aromatic rings. The molecule has 0 fully saturated rings. The van der Waals surface area contributed by atoms with E-state index in [1.165, 1.54) is 0 Å². The maximum absolute atomic E-state index is 12.1. The standard InChI is InChI=1S/C18H17N3O3/c1-12-4-3-5-14(10-12)17(22)19-11-16-20-21-18(24-16)13-6-8-15(23-2)9-7-13/h3-10H,11H2,1-2H3,(H,19,22). The third-order valence-corrected chi connectivity index (χ3v) is 3.48. The van der Waals surface area contributed by atoms with E-state index in [-0.39, 0.29) is 12.5 Å². The molecule has 0 aliphatic rings. The molecule has 6 nitrogen and oxygen atoms in total. The number of hydrogen-bond acceptors (Lipinski definition) is 5. The van der Waals surface area contributed by atoms with Gasteiger partial charge in [0, 0.05) is 11.1 Å². The lowest BCUT2D eigenvalue weighted by atomic mass is 10.1. The molecular weight excluding hydrogens is 306 g/mol. The number of rotatable bonds is 5. The summed E-state index contributed by atoms with van der Waals surface area (Å²) in [4.78, 5) is 12.1. The number of aromatic nitrogens is 2. The van der Waals surface area contributed by atoms with E-state index < -0.39 is 0 Å². The fraction of sp³-hybridized carbons (Fsp3) is 0.167. The average molecular weight is 323 g/mol. The Kier molecular flexibility index (Phi) is 4.56. The summed E-state index contributed by atoms with van der Waals surface area (Å²) in [5.74, 6) is 1.33. The Morgan fingerprint density at radius 2 is 1.96 bits per heavy atom. The Hall–Kier alpha value is -3.15. The molecule has 3 rings (SSSR count). The molecule has 1 amide bonds. The number of aryl methyl sites for hydroxylation is 1. The van der Waals surface area contributed by atoms with Crippen LogP contribution in [0, 0.1) is 6.92 Å². The van der Waals surface area contributed by atoms with Crippen LogP contribution in [0.15, 0.2) is 52.9 Å². The Bertz CT molecular complexity index is 841. The van der Waals surface area contributed by atoms with Gasteiger partial charge in [0.2, 0.25) is 11.8 Å². The second-order valence-corrected chi connectivity index (χ2v) is 5.28. The molecule has 2 aromatic carbocycles. The third-order valence-electron chi connectivity index (χ3n) is 3.48. The van der Waals surface area contributed by atoms with E-state index in [9.17, 15) is 4.79 Å². The van der Waals surface area contributed by atoms with E-state index in [0.29, 0.717) is 17.3 Å². The van der Waals surface area contributed by atoms with Gasteiger partial charge >= 0.3 is 0 Å². The van der Waals surface area contributed by atoms with Gasteiger partial charge in [-0.05, 0) is 43.3 Å². The molecule has 0 saturated heterocycles. The van der Waals surface area contributed by atoms with Crippen LogP contribution in [0.25, 0.3) is 11.5 Å². The van der Waals surface area contributed by atoms with Crippen molar-refractivity contribution in [3.63, 3.8) is 0 Å². The summed E-state index contributed by atoms with van der Waals surface area (Å²) in [7, 11) is 1.61. The van der Waals surface area contributed by atoms with Gasteiger partial charge in [0.15, 0.2) is 0 Å². The summed E-state index contributed by atoms with van der Waals surface area (Å²) in [5.41, 5.74) is 2.42. The fourth-order valence-electron chi connectivity index (χ4n) is 2.22. The highest BCUT2D eigenvalue weighted by Crippen LogP contribution is 2.21. The van der Waals surface area contributed by atoms with Crippen molar-refractivity contribution in [1.82, 2.24) is 15.5 Å². The average Bonchev–Trinajstić information content (AvgIpc) is 3.09. The van der Waals surface area contributed by atoms with Gasteiger partial charge in [-0.2, -0.15) is 0 Å². The molecule has 1 heterocycles. The number of ether oxygens (including phenoxy) is 1. The second-order valence-electron chi connectivity index (χ2n) is 5.28. The molecular formula is C18H17N3O3. The molecule has 122 valence electrons. The quantitative estimate of drug-likeness (QED) is 0.781. The van der Waals surface area contributed by atoms with Crippen LogP contribution in [0.1, 0.15) is 21.8 Å². The normalized spacial score (nSPS) is 10.4. The van der Waals surface area contributed by atoms with Gasteiger partial charge in [0.1, 0.15) is 5.75 Å². The summed E-state index contributed by atoms with van der Waals surface area (Å²) in [6.45, 7) is 2.12. The van der Waals surface area contributed by atoms with E-state index in [1.54, 1.807) is 13.2 Å². The second kappa shape index (κ2) is 6.95. The molecule has 0 radical (unpaired) electrons. The number of methoxy groups -OCH3 is 1. The first kappa shape index (κ1) is 15.7. The Morgan fingerprint density at radius 3 is 2.67 bits per heavy atom. The Morgan fingerprint density at radius 1 is 1.17 bits per heavy atom. The maximum atomic E-state index is 12.1. The number of amides is 1. The monoisotopic (exact) mass is 323 g/mol. The van der Waals surface area contributed by atoms with Gasteiger partial charge in [0.05, 0.1) is 13.7 Å². The summed E-state index contributed by atoms with van der Waals surface area (Å²) in [6.07, 6.45) is 0. The first-order valence-corrected chi connectivity index (χ1v) is 7.47. The molecule has 0 unspecified atom stereocenters. The lowest BCUT2D eigenvalue weighted by molar-refractivity contribution is 0.0947. The van der Waals surface area contributed by atoms with Gasteiger partial charge in [-0.25, -0.2) is 0 Å². The van der Waals surface area contributed by atoms with E-state index in [1.807, 2.05) is 49.4 Å². The topological polar surface area (TPSA) is 77.3 Å². The maximum Gasteiger partial charge on any atom is 0.251 e. The minimum Gasteiger partial charge on any atom is -0.497 e. The summed E-state index contributed by atoms with van der Waals surface area (Å²) >= 11 is 0. The Labute approximate surface area is 139 Å². The molecule has 0 spiro atoms. The van der Waals surface area contributed by atoms with Crippen LogP contribution in [-0.2, 0) is 6.54 Å². The molecule has 0 saturated carbocycles. The number of nitrogens with one attached hydrogen (secondary N) is 1. The van der Waals surface area contributed by atoms with E-state index in [2.05, 4.69) is 15.5 Å². The van der Waals surface area contributed by atoms with Crippen molar-refractivity contribution >= 4 is 5.91 Å². The van der Waals surface area contributed by atoms with Crippen molar-refractivity contribution in [2.75, 3.05) is 7.11 Å². The molecule has 6 heteroatoms. The molecule has 24 heavy (non-hydrogen) atoms. The molecule has 0 aliphatic carbocycles. The van der Waals surface area contributed by atoms with E-state index >= 15 is 0 Å². The first-order chi connectivity index (χ1) is 11.7. The van der Waals surface area contributed by atoms with Gasteiger partial charge in [0.25, 0.3) is 5.91 Å². The Balaban J connectivity index is 1.64. The number of carbonyl (C=O) groups excluding carboxylic acids is 1. The summed E-state index contributed by atoms with van der Waals surface area (Å²) in [6, 6.07) is 14.7. The van der Waals surface area contributed by atoms with Crippen LogP contribution in [-0.4, -0.2) is 23.2 Å². The van der Waals surface area contributed by atoms with Crippen molar-refractivity contribution in [1.29, 1.82) is 0 Å². The zero-order valence-electron chi connectivity index (χ0n) is 13.4. The van der Waals surface area contributed by atoms with Crippen LogP contribution in [0.4, 0.5) is 0 Å². The van der Waals surface area contributed by atoms with Gasteiger partial charge in [-0.1, -0.05) is 17.7 Å². The van der Waals surface area contributed by atoms with Crippen molar-refractivity contribution in [3.05, 3.63) is 65.5 Å². The van der Waals surface area contributed by atoms with Gasteiger partial charge < -0.3 is 14.5 Å². The SMILES string of the molecule is COc1ccc(-c2nnc(CNC(=O)c3cccc(C)c3)o2)cc1. The molecule has 1 N–H and O–H groups in total. The van der Waals surface area contributed by atoms with E-state index in [4.69, 9.17) is 9.15 Å². The van der Waals surface area contributed by atoms with Crippen molar-refractivity contribution in [2.45, 2.75) is 13.5 Å². The van der Waals surface area contributed by atoms with Crippen molar-refractivity contribution in [2.24, 2.45) is 0 Å². The van der Waals surface area contributed by atoms with E-state index in [0.717, 1.165) is 16.9 Å². The van der Waals surface area contributed by atoms with Crippen LogP contribution in [0.2, 0.25) is 0 Å². The molecule has 0 bridgehead atoms. The number of nitrogens with zero attached hydrogens (tertiary/aromatic N) is 2. The van der Waals surface area contributed by atoms with Crippen LogP contribution in [0.5, 0.6) is 5.75 Å². The predicted molar refractivity (Wildman–Crippen MR) is 88.6 cm³/mol. The van der Waals surface area contributed by atoms with Crippen LogP contribution < -0.4 is 10.1 Å². The lowest BCUT2D eigenvalue weighted by Gasteiger charge is -2.03. The molecule has 1 aromatic heterocycles. The minimum absolute atomic E-state index is 0.177. The van der Waals surface area contributed by atoms with Crippen LogP contribution in [0.3, 0.4) is 0 Å². The zero-order valence-corrected chi connectivity index (χ0v) is 13.4.